The summed E-state index contributed by atoms with van der Waals surface area (Å²) >= 11 is 11.2. The van der Waals surface area contributed by atoms with Gasteiger partial charge >= 0.3 is 5.97 Å². The normalized spacial score (nSPS) is 10.6. The van der Waals surface area contributed by atoms with Crippen LogP contribution in [0.15, 0.2) is 6.20 Å². The van der Waals surface area contributed by atoms with Gasteiger partial charge < -0.3 is 4.74 Å². The van der Waals surface area contributed by atoms with Crippen molar-refractivity contribution in [3.8, 4) is 0 Å². The first-order valence-corrected chi connectivity index (χ1v) is 4.90. The number of nitrogens with zero attached hydrogens (tertiary/aromatic N) is 1. The first-order chi connectivity index (χ1) is 7.47. The van der Waals surface area contributed by atoms with Crippen LogP contribution in [0.2, 0.25) is 10.0 Å². The van der Waals surface area contributed by atoms with Gasteiger partial charge in [0.1, 0.15) is 0 Å². The first kappa shape index (κ1) is 13.1. The number of hydrogen-bond donors (Lipinski definition) is 0. The number of rotatable bonds is 3. The Bertz CT molecular complexity index is 413. The first-order valence-electron chi connectivity index (χ1n) is 4.15. The van der Waals surface area contributed by atoms with E-state index in [4.69, 9.17) is 23.2 Å². The molecule has 0 radical (unpaired) electrons. The molecular formula is C9H7Cl2F2NO2. The van der Waals surface area contributed by atoms with E-state index in [1.807, 2.05) is 0 Å². The van der Waals surface area contributed by atoms with Gasteiger partial charge in [-0.25, -0.2) is 8.78 Å². The molecule has 0 aromatic carbocycles. The zero-order chi connectivity index (χ0) is 12.3. The summed E-state index contributed by atoms with van der Waals surface area (Å²) in [5.41, 5.74) is -0.495. The fourth-order valence-electron chi connectivity index (χ4n) is 1.05. The molecule has 1 aromatic heterocycles. The van der Waals surface area contributed by atoms with Gasteiger partial charge in [0.15, 0.2) is 0 Å². The summed E-state index contributed by atoms with van der Waals surface area (Å²) in [4.78, 5) is 14.7. The topological polar surface area (TPSA) is 39.2 Å². The van der Waals surface area contributed by atoms with Crippen molar-refractivity contribution in [3.05, 3.63) is 27.5 Å². The Kier molecular flexibility index (Phi) is 4.44. The second kappa shape index (κ2) is 5.41. The van der Waals surface area contributed by atoms with E-state index in [-0.39, 0.29) is 22.2 Å². The van der Waals surface area contributed by atoms with Gasteiger partial charge in [-0.1, -0.05) is 23.2 Å². The summed E-state index contributed by atoms with van der Waals surface area (Å²) in [6, 6.07) is 0. The highest BCUT2D eigenvalue weighted by Gasteiger charge is 2.21. The molecule has 1 heterocycles. The fraction of sp³-hybridized carbons (Fsp3) is 0.333. The van der Waals surface area contributed by atoms with E-state index >= 15 is 0 Å². The second-order valence-corrected chi connectivity index (χ2v) is 3.62. The van der Waals surface area contributed by atoms with Crippen LogP contribution in [0.1, 0.15) is 17.7 Å². The van der Waals surface area contributed by atoms with Gasteiger partial charge in [0.2, 0.25) is 0 Å². The van der Waals surface area contributed by atoms with Crippen molar-refractivity contribution in [1.29, 1.82) is 0 Å². The lowest BCUT2D eigenvalue weighted by Crippen LogP contribution is -2.08. The summed E-state index contributed by atoms with van der Waals surface area (Å²) in [5.74, 6) is -0.614. The standard InChI is InChI=1S/C9H7Cl2F2NO2/c1-16-6(15)2-5-8(11)7(9(12)13)4(10)3-14-5/h3,9H,2H2,1H3. The van der Waals surface area contributed by atoms with Gasteiger partial charge in [0.05, 0.1) is 34.8 Å². The molecule has 0 atom stereocenters. The van der Waals surface area contributed by atoms with Gasteiger partial charge in [0.25, 0.3) is 6.43 Å². The molecule has 1 rings (SSSR count). The summed E-state index contributed by atoms with van der Waals surface area (Å²) in [6.45, 7) is 0. The molecule has 0 saturated heterocycles. The van der Waals surface area contributed by atoms with Crippen LogP contribution in [-0.4, -0.2) is 18.1 Å². The van der Waals surface area contributed by atoms with Gasteiger partial charge in [-0.05, 0) is 0 Å². The zero-order valence-electron chi connectivity index (χ0n) is 8.14. The predicted octanol–water partition coefficient (Wildman–Crippen LogP) is 3.04. The Morgan fingerprint density at radius 2 is 2.19 bits per heavy atom. The van der Waals surface area contributed by atoms with Crippen LogP contribution in [0.25, 0.3) is 0 Å². The molecule has 0 aliphatic heterocycles. The number of carbonyl (C=O) groups is 1. The Morgan fingerprint density at radius 1 is 1.56 bits per heavy atom. The predicted molar refractivity (Wildman–Crippen MR) is 54.9 cm³/mol. The molecule has 16 heavy (non-hydrogen) atoms. The largest absolute Gasteiger partial charge is 0.469 e. The summed E-state index contributed by atoms with van der Waals surface area (Å²) in [6.07, 6.45) is -2.06. The van der Waals surface area contributed by atoms with Gasteiger partial charge in [-0.2, -0.15) is 0 Å². The maximum absolute atomic E-state index is 12.6. The molecule has 88 valence electrons. The Labute approximate surface area is 100 Å². The molecule has 0 bridgehead atoms. The SMILES string of the molecule is COC(=O)Cc1ncc(Cl)c(C(F)F)c1Cl. The van der Waals surface area contributed by atoms with Gasteiger partial charge in [-0.15, -0.1) is 0 Å². The summed E-state index contributed by atoms with van der Waals surface area (Å²) in [5, 5.41) is -0.526. The van der Waals surface area contributed by atoms with Gasteiger partial charge in [-0.3, -0.25) is 9.78 Å². The Balaban J connectivity index is 3.13. The number of aromatic nitrogens is 1. The van der Waals surface area contributed by atoms with E-state index in [0.717, 1.165) is 6.20 Å². The highest BCUT2D eigenvalue weighted by Crippen LogP contribution is 2.34. The Hall–Kier alpha value is -0.940. The molecule has 0 spiro atoms. The number of methoxy groups -OCH3 is 1. The van der Waals surface area contributed by atoms with E-state index in [0.29, 0.717) is 0 Å². The monoisotopic (exact) mass is 269 g/mol. The van der Waals surface area contributed by atoms with Crippen LogP contribution in [-0.2, 0) is 16.0 Å². The molecule has 0 N–H and O–H groups in total. The maximum Gasteiger partial charge on any atom is 0.311 e. The van der Waals surface area contributed by atoms with Crippen molar-refractivity contribution < 1.29 is 18.3 Å². The minimum atomic E-state index is -2.82. The molecule has 0 fully saturated rings. The number of ether oxygens (including phenoxy) is 1. The lowest BCUT2D eigenvalue weighted by molar-refractivity contribution is -0.139. The summed E-state index contributed by atoms with van der Waals surface area (Å²) < 4.78 is 29.5. The Morgan fingerprint density at radius 3 is 2.69 bits per heavy atom. The average molecular weight is 270 g/mol. The van der Waals surface area contributed by atoms with Crippen LogP contribution < -0.4 is 0 Å². The lowest BCUT2D eigenvalue weighted by atomic mass is 10.2. The van der Waals surface area contributed by atoms with Crippen LogP contribution in [0.3, 0.4) is 0 Å². The highest BCUT2D eigenvalue weighted by molar-refractivity contribution is 6.36. The number of halogens is 4. The number of hydrogen-bond acceptors (Lipinski definition) is 3. The quantitative estimate of drug-likeness (QED) is 0.792. The van der Waals surface area contributed by atoms with E-state index in [9.17, 15) is 13.6 Å². The van der Waals surface area contributed by atoms with E-state index in [2.05, 4.69) is 9.72 Å². The minimum absolute atomic E-state index is 0.0215. The smallest absolute Gasteiger partial charge is 0.311 e. The van der Waals surface area contributed by atoms with E-state index in [1.165, 1.54) is 7.11 Å². The van der Waals surface area contributed by atoms with Crippen LogP contribution in [0.4, 0.5) is 8.78 Å². The van der Waals surface area contributed by atoms with Crippen molar-refractivity contribution >= 4 is 29.2 Å². The second-order valence-electron chi connectivity index (χ2n) is 2.83. The fourth-order valence-corrected chi connectivity index (χ4v) is 1.63. The zero-order valence-corrected chi connectivity index (χ0v) is 9.65. The van der Waals surface area contributed by atoms with E-state index in [1.54, 1.807) is 0 Å². The summed E-state index contributed by atoms with van der Waals surface area (Å²) in [7, 11) is 1.18. The molecule has 0 saturated carbocycles. The minimum Gasteiger partial charge on any atom is -0.469 e. The molecule has 1 aromatic rings. The highest BCUT2D eigenvalue weighted by atomic mass is 35.5. The van der Waals surface area contributed by atoms with Crippen molar-refractivity contribution in [1.82, 2.24) is 4.98 Å². The van der Waals surface area contributed by atoms with Crippen molar-refractivity contribution in [2.24, 2.45) is 0 Å². The van der Waals surface area contributed by atoms with Crippen LogP contribution in [0, 0.1) is 0 Å². The maximum atomic E-state index is 12.6. The van der Waals surface area contributed by atoms with Crippen molar-refractivity contribution in [2.75, 3.05) is 7.11 Å². The number of alkyl halides is 2. The van der Waals surface area contributed by atoms with Crippen LogP contribution in [0.5, 0.6) is 0 Å². The third-order valence-corrected chi connectivity index (χ3v) is 2.56. The lowest BCUT2D eigenvalue weighted by Gasteiger charge is -2.09. The van der Waals surface area contributed by atoms with Crippen molar-refractivity contribution in [2.45, 2.75) is 12.8 Å². The van der Waals surface area contributed by atoms with E-state index < -0.39 is 18.0 Å². The third kappa shape index (κ3) is 2.80. The molecule has 3 nitrogen and oxygen atoms in total. The molecular weight excluding hydrogens is 263 g/mol. The molecule has 0 aliphatic carbocycles. The third-order valence-electron chi connectivity index (χ3n) is 1.84. The average Bonchev–Trinajstić information content (AvgIpc) is 2.21. The molecule has 0 aliphatic rings. The molecule has 7 heteroatoms. The molecule has 0 unspecified atom stereocenters. The molecule has 0 amide bonds. The van der Waals surface area contributed by atoms with Crippen LogP contribution >= 0.6 is 23.2 Å². The van der Waals surface area contributed by atoms with Crippen molar-refractivity contribution in [3.63, 3.8) is 0 Å². The number of pyridine rings is 1. The number of esters is 1. The van der Waals surface area contributed by atoms with Gasteiger partial charge in [0, 0.05) is 6.20 Å². The number of carbonyl (C=O) groups excluding carboxylic acids is 1.